The monoisotopic (exact) mass is 153 g/mol. The van der Waals surface area contributed by atoms with Gasteiger partial charge in [-0.25, -0.2) is 4.68 Å². The van der Waals surface area contributed by atoms with Crippen molar-refractivity contribution in [1.82, 2.24) is 15.0 Å². The average Bonchev–Trinajstić information content (AvgIpc) is 2.47. The quantitative estimate of drug-likeness (QED) is 0.658. The Labute approximate surface area is 67.4 Å². The maximum absolute atomic E-state index is 3.95. The molecule has 0 aromatic carbocycles. The maximum Gasteiger partial charge on any atom is 0.0725 e. The van der Waals surface area contributed by atoms with Crippen molar-refractivity contribution in [3.63, 3.8) is 0 Å². The van der Waals surface area contributed by atoms with Gasteiger partial charge in [0.05, 0.1) is 11.9 Å². The van der Waals surface area contributed by atoms with Gasteiger partial charge in [0.1, 0.15) is 0 Å². The largest absolute Gasteiger partial charge is 0.250 e. The number of aromatic nitrogens is 3. The Morgan fingerprint density at radius 2 is 2.27 bits per heavy atom. The molecule has 0 spiro atoms. The van der Waals surface area contributed by atoms with Crippen molar-refractivity contribution in [3.05, 3.63) is 11.9 Å². The molecular formula is C8H15N3. The zero-order chi connectivity index (χ0) is 8.10. The lowest BCUT2D eigenvalue weighted by Crippen LogP contribution is -2.02. The van der Waals surface area contributed by atoms with E-state index in [0.717, 1.165) is 13.0 Å². The standard InChI is InChI=1S/C8H15N3/c1-3-5-6-8-7-9-10-11(8)4-2/h7H,3-6H2,1-2H3. The van der Waals surface area contributed by atoms with Crippen LogP contribution in [0.15, 0.2) is 6.20 Å². The van der Waals surface area contributed by atoms with Gasteiger partial charge in [0.25, 0.3) is 0 Å². The van der Waals surface area contributed by atoms with Gasteiger partial charge in [0.2, 0.25) is 0 Å². The third-order valence-electron chi connectivity index (χ3n) is 1.78. The summed E-state index contributed by atoms with van der Waals surface area (Å²) in [7, 11) is 0. The molecule has 0 aliphatic carbocycles. The second-order valence-corrected chi connectivity index (χ2v) is 2.64. The minimum absolute atomic E-state index is 0.930. The van der Waals surface area contributed by atoms with E-state index in [1.54, 1.807) is 0 Å². The van der Waals surface area contributed by atoms with Crippen LogP contribution in [0.5, 0.6) is 0 Å². The summed E-state index contributed by atoms with van der Waals surface area (Å²) < 4.78 is 1.95. The predicted molar refractivity (Wildman–Crippen MR) is 44.3 cm³/mol. The summed E-state index contributed by atoms with van der Waals surface area (Å²) in [4.78, 5) is 0. The molecule has 0 amide bonds. The van der Waals surface area contributed by atoms with Crippen LogP contribution in [0.3, 0.4) is 0 Å². The Bertz CT molecular complexity index is 205. The number of rotatable bonds is 4. The van der Waals surface area contributed by atoms with Crippen LogP contribution in [0.2, 0.25) is 0 Å². The van der Waals surface area contributed by atoms with Crippen LogP contribution < -0.4 is 0 Å². The zero-order valence-corrected chi connectivity index (χ0v) is 7.25. The molecule has 0 atom stereocenters. The van der Waals surface area contributed by atoms with Gasteiger partial charge in [-0.2, -0.15) is 0 Å². The van der Waals surface area contributed by atoms with Gasteiger partial charge in [-0.1, -0.05) is 18.6 Å². The lowest BCUT2D eigenvalue weighted by molar-refractivity contribution is 0.587. The van der Waals surface area contributed by atoms with Crippen molar-refractivity contribution in [1.29, 1.82) is 0 Å². The molecule has 0 fully saturated rings. The first-order valence-corrected chi connectivity index (χ1v) is 4.25. The van der Waals surface area contributed by atoms with Crippen molar-refractivity contribution < 1.29 is 0 Å². The summed E-state index contributed by atoms with van der Waals surface area (Å²) >= 11 is 0. The Hall–Kier alpha value is -0.860. The van der Waals surface area contributed by atoms with E-state index < -0.39 is 0 Å². The van der Waals surface area contributed by atoms with E-state index in [1.807, 2.05) is 10.9 Å². The van der Waals surface area contributed by atoms with Crippen molar-refractivity contribution >= 4 is 0 Å². The number of hydrogen-bond acceptors (Lipinski definition) is 2. The molecule has 0 unspecified atom stereocenters. The average molecular weight is 153 g/mol. The van der Waals surface area contributed by atoms with E-state index in [4.69, 9.17) is 0 Å². The molecule has 1 rings (SSSR count). The predicted octanol–water partition coefficient (Wildman–Crippen LogP) is 1.64. The number of hydrogen-bond donors (Lipinski definition) is 0. The highest BCUT2D eigenvalue weighted by Gasteiger charge is 1.99. The van der Waals surface area contributed by atoms with Gasteiger partial charge in [-0.05, 0) is 19.8 Å². The lowest BCUT2D eigenvalue weighted by Gasteiger charge is -2.00. The third-order valence-corrected chi connectivity index (χ3v) is 1.78. The summed E-state index contributed by atoms with van der Waals surface area (Å²) in [5, 5.41) is 7.81. The van der Waals surface area contributed by atoms with Crippen molar-refractivity contribution in [2.75, 3.05) is 0 Å². The fraction of sp³-hybridized carbons (Fsp3) is 0.750. The molecule has 0 bridgehead atoms. The first kappa shape index (κ1) is 8.24. The highest BCUT2D eigenvalue weighted by molar-refractivity contribution is 4.93. The topological polar surface area (TPSA) is 30.7 Å². The Morgan fingerprint density at radius 3 is 2.91 bits per heavy atom. The fourth-order valence-electron chi connectivity index (χ4n) is 1.10. The zero-order valence-electron chi connectivity index (χ0n) is 7.25. The van der Waals surface area contributed by atoms with Crippen molar-refractivity contribution in [2.45, 2.75) is 39.7 Å². The van der Waals surface area contributed by atoms with Crippen molar-refractivity contribution in [2.24, 2.45) is 0 Å². The molecule has 0 saturated heterocycles. The van der Waals surface area contributed by atoms with Gasteiger partial charge in [0, 0.05) is 6.54 Å². The van der Waals surface area contributed by atoms with Gasteiger partial charge in [-0.15, -0.1) is 5.10 Å². The van der Waals surface area contributed by atoms with E-state index in [0.29, 0.717) is 0 Å². The minimum Gasteiger partial charge on any atom is -0.250 e. The minimum atomic E-state index is 0.930. The molecule has 0 aliphatic rings. The van der Waals surface area contributed by atoms with Crippen LogP contribution in [0, 0.1) is 0 Å². The second kappa shape index (κ2) is 4.11. The summed E-state index contributed by atoms with van der Waals surface area (Å²) in [6.45, 7) is 5.21. The molecule has 0 aliphatic heterocycles. The van der Waals surface area contributed by atoms with E-state index in [1.165, 1.54) is 18.5 Å². The highest BCUT2D eigenvalue weighted by Crippen LogP contribution is 2.01. The lowest BCUT2D eigenvalue weighted by atomic mass is 10.2. The van der Waals surface area contributed by atoms with E-state index in [-0.39, 0.29) is 0 Å². The summed E-state index contributed by atoms with van der Waals surface area (Å²) in [6, 6.07) is 0. The normalized spacial score (nSPS) is 10.4. The SMILES string of the molecule is CCCCc1cnnn1CC. The van der Waals surface area contributed by atoms with E-state index in [2.05, 4.69) is 24.2 Å². The fourth-order valence-corrected chi connectivity index (χ4v) is 1.10. The molecule has 62 valence electrons. The second-order valence-electron chi connectivity index (χ2n) is 2.64. The van der Waals surface area contributed by atoms with Gasteiger partial charge in [0.15, 0.2) is 0 Å². The third kappa shape index (κ3) is 2.03. The Balaban J connectivity index is 2.54. The molecule has 1 aromatic rings. The van der Waals surface area contributed by atoms with Crippen LogP contribution in [-0.2, 0) is 13.0 Å². The van der Waals surface area contributed by atoms with E-state index in [9.17, 15) is 0 Å². The molecular weight excluding hydrogens is 138 g/mol. The van der Waals surface area contributed by atoms with Gasteiger partial charge >= 0.3 is 0 Å². The maximum atomic E-state index is 3.95. The molecule has 1 heterocycles. The van der Waals surface area contributed by atoms with Crippen LogP contribution in [0.25, 0.3) is 0 Å². The van der Waals surface area contributed by atoms with Gasteiger partial charge in [-0.3, -0.25) is 0 Å². The Morgan fingerprint density at radius 1 is 1.45 bits per heavy atom. The van der Waals surface area contributed by atoms with Crippen LogP contribution in [-0.4, -0.2) is 15.0 Å². The highest BCUT2D eigenvalue weighted by atomic mass is 15.4. The molecule has 0 radical (unpaired) electrons. The number of unbranched alkanes of at least 4 members (excludes halogenated alkanes) is 1. The molecule has 3 heteroatoms. The first-order chi connectivity index (χ1) is 5.38. The van der Waals surface area contributed by atoms with Crippen LogP contribution in [0.1, 0.15) is 32.4 Å². The number of aryl methyl sites for hydroxylation is 2. The molecule has 0 saturated carbocycles. The Kier molecular flexibility index (Phi) is 3.08. The molecule has 1 aromatic heterocycles. The van der Waals surface area contributed by atoms with Gasteiger partial charge < -0.3 is 0 Å². The summed E-state index contributed by atoms with van der Waals surface area (Å²) in [6.07, 6.45) is 5.43. The smallest absolute Gasteiger partial charge is 0.0725 e. The van der Waals surface area contributed by atoms with Crippen LogP contribution in [0.4, 0.5) is 0 Å². The summed E-state index contributed by atoms with van der Waals surface area (Å²) in [5.41, 5.74) is 1.26. The summed E-state index contributed by atoms with van der Waals surface area (Å²) in [5.74, 6) is 0. The molecule has 11 heavy (non-hydrogen) atoms. The number of nitrogens with zero attached hydrogens (tertiary/aromatic N) is 3. The van der Waals surface area contributed by atoms with Crippen LogP contribution >= 0.6 is 0 Å². The van der Waals surface area contributed by atoms with Crippen molar-refractivity contribution in [3.8, 4) is 0 Å². The first-order valence-electron chi connectivity index (χ1n) is 4.25. The molecule has 0 N–H and O–H groups in total. The molecule has 3 nitrogen and oxygen atoms in total. The van der Waals surface area contributed by atoms with E-state index >= 15 is 0 Å².